The SMILES string of the molecule is COC(=O)Nc1ccc2c(c1)NC(=O)CCC=CC[C@H](NC(=O)O)c1nc-2c(Cl)n1COCC[Si](C)(C)C. The molecule has 11 nitrogen and oxygen atoms in total. The van der Waals surface area contributed by atoms with Gasteiger partial charge in [-0.1, -0.05) is 43.4 Å². The lowest BCUT2D eigenvalue weighted by molar-refractivity contribution is -0.116. The Morgan fingerprint density at radius 2 is 2.05 bits per heavy atom. The van der Waals surface area contributed by atoms with Gasteiger partial charge in [0.25, 0.3) is 0 Å². The molecule has 0 fully saturated rings. The first-order chi connectivity index (χ1) is 18.0. The van der Waals surface area contributed by atoms with E-state index in [1.54, 1.807) is 22.8 Å². The average molecular weight is 564 g/mol. The Kier molecular flexibility index (Phi) is 9.94. The number of carbonyl (C=O) groups excluding carboxylic acids is 2. The monoisotopic (exact) mass is 563 g/mol. The number of carboxylic acid groups (broad SMARTS) is 1. The summed E-state index contributed by atoms with van der Waals surface area (Å²) in [5.41, 5.74) is 1.63. The summed E-state index contributed by atoms with van der Waals surface area (Å²) in [6, 6.07) is 5.14. The molecule has 1 aromatic carbocycles. The van der Waals surface area contributed by atoms with Gasteiger partial charge in [0.15, 0.2) is 0 Å². The summed E-state index contributed by atoms with van der Waals surface area (Å²) < 4.78 is 12.3. The molecule has 3 amide bonds. The summed E-state index contributed by atoms with van der Waals surface area (Å²) in [6.45, 7) is 7.37. The summed E-state index contributed by atoms with van der Waals surface area (Å²) in [5.74, 6) is 0.148. The number of amides is 3. The highest BCUT2D eigenvalue weighted by Gasteiger charge is 2.27. The number of nitrogens with one attached hydrogen (secondary N) is 3. The van der Waals surface area contributed by atoms with E-state index in [9.17, 15) is 19.5 Å². The highest BCUT2D eigenvalue weighted by Crippen LogP contribution is 2.37. The number of allylic oxidation sites excluding steroid dienone is 1. The molecular formula is C25H34ClN5O6Si. The van der Waals surface area contributed by atoms with E-state index in [0.29, 0.717) is 47.9 Å². The molecule has 3 rings (SSSR count). The van der Waals surface area contributed by atoms with Crippen molar-refractivity contribution in [2.45, 2.75) is 57.7 Å². The summed E-state index contributed by atoms with van der Waals surface area (Å²) >= 11 is 6.85. The largest absolute Gasteiger partial charge is 0.465 e. The predicted molar refractivity (Wildman–Crippen MR) is 148 cm³/mol. The van der Waals surface area contributed by atoms with Gasteiger partial charge in [0.1, 0.15) is 23.4 Å². The molecule has 0 aliphatic carbocycles. The van der Waals surface area contributed by atoms with E-state index in [1.165, 1.54) is 7.11 Å². The quantitative estimate of drug-likeness (QED) is 0.193. The minimum atomic E-state index is -1.33. The number of fused-ring (bicyclic) bond motifs is 4. The Labute approximate surface area is 227 Å². The van der Waals surface area contributed by atoms with Crippen LogP contribution in [0.25, 0.3) is 11.3 Å². The number of aromatic nitrogens is 2. The van der Waals surface area contributed by atoms with Crippen LogP contribution in [0.5, 0.6) is 0 Å². The second-order valence-corrected chi connectivity index (χ2v) is 16.0. The number of imidazole rings is 1. The first-order valence-electron chi connectivity index (χ1n) is 12.3. The fourth-order valence-corrected chi connectivity index (χ4v) is 4.84. The molecule has 0 spiro atoms. The van der Waals surface area contributed by atoms with Gasteiger partial charge in [0.2, 0.25) is 5.91 Å². The maximum absolute atomic E-state index is 12.7. The van der Waals surface area contributed by atoms with Crippen molar-refractivity contribution in [3.8, 4) is 11.3 Å². The summed E-state index contributed by atoms with van der Waals surface area (Å²) in [7, 11) is -0.0766. The molecule has 206 valence electrons. The van der Waals surface area contributed by atoms with Crippen molar-refractivity contribution in [1.29, 1.82) is 0 Å². The van der Waals surface area contributed by atoms with Crippen molar-refractivity contribution in [3.05, 3.63) is 41.3 Å². The fourth-order valence-electron chi connectivity index (χ4n) is 3.80. The molecular weight excluding hydrogens is 530 g/mol. The molecule has 2 bridgehead atoms. The van der Waals surface area contributed by atoms with E-state index in [0.717, 1.165) is 6.04 Å². The third-order valence-corrected chi connectivity index (χ3v) is 7.91. The van der Waals surface area contributed by atoms with E-state index >= 15 is 0 Å². The summed E-state index contributed by atoms with van der Waals surface area (Å²) in [5, 5.41) is 17.7. The summed E-state index contributed by atoms with van der Waals surface area (Å²) in [6.07, 6.45) is 2.76. The number of ether oxygens (including phenoxy) is 2. The number of hydrogen-bond acceptors (Lipinski definition) is 6. The third kappa shape index (κ3) is 8.07. The molecule has 2 aromatic rings. The molecule has 2 heterocycles. The lowest BCUT2D eigenvalue weighted by Crippen LogP contribution is -2.29. The van der Waals surface area contributed by atoms with Crippen LogP contribution in [0, 0.1) is 0 Å². The Morgan fingerprint density at radius 1 is 1.29 bits per heavy atom. The number of carbonyl (C=O) groups is 3. The highest BCUT2D eigenvalue weighted by molar-refractivity contribution is 6.76. The standard InChI is InChI=1S/C25H34ClN5O6Si/c1-36-25(35)27-16-10-11-17-19(14-16)28-20(32)9-7-5-6-8-18(29-24(33)34)23-30-21(17)22(26)31(23)15-37-12-13-38(2,3)4/h5-6,10-11,14,18,29H,7-9,12-13,15H2,1-4H3,(H,27,35)(H,28,32)(H,33,34)/t18-/m0/s1. The smallest absolute Gasteiger partial charge is 0.411 e. The molecule has 0 radical (unpaired) electrons. The van der Waals surface area contributed by atoms with Gasteiger partial charge in [-0.3, -0.25) is 14.7 Å². The molecule has 1 aliphatic heterocycles. The van der Waals surface area contributed by atoms with Crippen LogP contribution in [0.2, 0.25) is 30.8 Å². The first-order valence-corrected chi connectivity index (χ1v) is 16.3. The van der Waals surface area contributed by atoms with Crippen molar-refractivity contribution in [2.75, 3.05) is 24.4 Å². The van der Waals surface area contributed by atoms with Gasteiger partial charge in [0.05, 0.1) is 18.8 Å². The van der Waals surface area contributed by atoms with Crippen molar-refractivity contribution >= 4 is 49.1 Å². The molecule has 13 heteroatoms. The highest BCUT2D eigenvalue weighted by atomic mass is 35.5. The van der Waals surface area contributed by atoms with Crippen LogP contribution in [0.15, 0.2) is 30.4 Å². The first kappa shape index (κ1) is 29.2. The number of rotatable bonds is 7. The van der Waals surface area contributed by atoms with E-state index in [1.807, 2.05) is 12.2 Å². The number of nitrogens with zero attached hydrogens (tertiary/aromatic N) is 2. The van der Waals surface area contributed by atoms with Crippen LogP contribution < -0.4 is 16.0 Å². The lowest BCUT2D eigenvalue weighted by atomic mass is 10.1. The van der Waals surface area contributed by atoms with Crippen LogP contribution in [0.3, 0.4) is 0 Å². The third-order valence-electron chi connectivity index (χ3n) is 5.82. The Morgan fingerprint density at radius 3 is 2.74 bits per heavy atom. The van der Waals surface area contributed by atoms with Crippen molar-refractivity contribution in [3.63, 3.8) is 0 Å². The van der Waals surface area contributed by atoms with E-state index in [2.05, 4.69) is 40.3 Å². The second kappa shape index (κ2) is 12.9. The van der Waals surface area contributed by atoms with Crippen LogP contribution in [-0.4, -0.2) is 54.5 Å². The molecule has 0 saturated heterocycles. The van der Waals surface area contributed by atoms with Crippen molar-refractivity contribution in [2.24, 2.45) is 0 Å². The molecule has 1 aliphatic rings. The molecule has 4 N–H and O–H groups in total. The zero-order valence-electron chi connectivity index (χ0n) is 22.0. The predicted octanol–water partition coefficient (Wildman–Crippen LogP) is 5.68. The van der Waals surface area contributed by atoms with E-state index in [-0.39, 0.29) is 24.2 Å². The summed E-state index contributed by atoms with van der Waals surface area (Å²) in [4.78, 5) is 40.8. The van der Waals surface area contributed by atoms with Crippen molar-refractivity contribution in [1.82, 2.24) is 14.9 Å². The lowest BCUT2D eigenvalue weighted by Gasteiger charge is -2.19. The molecule has 1 atom stereocenters. The molecule has 0 unspecified atom stereocenters. The van der Waals surface area contributed by atoms with Crippen LogP contribution >= 0.6 is 11.6 Å². The average Bonchev–Trinajstić information content (AvgIpc) is 3.15. The number of methoxy groups -OCH3 is 1. The van der Waals surface area contributed by atoms with Crippen LogP contribution in [0.4, 0.5) is 21.0 Å². The van der Waals surface area contributed by atoms with Gasteiger partial charge < -0.3 is 25.2 Å². The van der Waals surface area contributed by atoms with E-state index < -0.39 is 26.3 Å². The van der Waals surface area contributed by atoms with Gasteiger partial charge in [0, 0.05) is 32.4 Å². The van der Waals surface area contributed by atoms with Gasteiger partial charge in [-0.05, 0) is 37.1 Å². The molecule has 38 heavy (non-hydrogen) atoms. The maximum Gasteiger partial charge on any atom is 0.411 e. The molecule has 1 aromatic heterocycles. The van der Waals surface area contributed by atoms with E-state index in [4.69, 9.17) is 21.3 Å². The zero-order valence-corrected chi connectivity index (χ0v) is 23.7. The minimum absolute atomic E-state index is 0.0802. The molecule has 0 saturated carbocycles. The normalized spacial score (nSPS) is 15.8. The Hall–Kier alpha value is -3.35. The topological polar surface area (TPSA) is 144 Å². The number of benzene rings is 1. The maximum atomic E-state index is 12.7. The van der Waals surface area contributed by atoms with Crippen LogP contribution in [-0.2, 0) is 21.0 Å². The second-order valence-electron chi connectivity index (χ2n) is 10.1. The van der Waals surface area contributed by atoms with Crippen LogP contribution in [0.1, 0.15) is 31.1 Å². The number of anilines is 2. The Bertz CT molecular complexity index is 1210. The van der Waals surface area contributed by atoms with Gasteiger partial charge >= 0.3 is 12.2 Å². The zero-order chi connectivity index (χ0) is 27.9. The fraction of sp³-hybridized carbons (Fsp3) is 0.440. The van der Waals surface area contributed by atoms with Gasteiger partial charge in [-0.15, -0.1) is 0 Å². The van der Waals surface area contributed by atoms with Crippen molar-refractivity contribution < 1.29 is 29.0 Å². The minimum Gasteiger partial charge on any atom is -0.465 e. The Balaban J connectivity index is 2.11. The number of halogens is 1. The van der Waals surface area contributed by atoms with Gasteiger partial charge in [-0.25, -0.2) is 14.6 Å². The van der Waals surface area contributed by atoms with Gasteiger partial charge in [-0.2, -0.15) is 0 Å². The number of hydrogen-bond donors (Lipinski definition) is 4.